The predicted octanol–water partition coefficient (Wildman–Crippen LogP) is 1.33. The van der Waals surface area contributed by atoms with Crippen molar-refractivity contribution >= 4 is 23.5 Å². The molecule has 6 nitrogen and oxygen atoms in total. The number of carbonyl (C=O) groups is 3. The topological polar surface area (TPSA) is 84.5 Å². The molecule has 0 saturated carbocycles. The van der Waals surface area contributed by atoms with Gasteiger partial charge in [0.2, 0.25) is 5.91 Å². The second-order valence-corrected chi connectivity index (χ2v) is 4.41. The number of amides is 2. The fourth-order valence-electron chi connectivity index (χ4n) is 1.60. The molecule has 2 N–H and O–H groups in total. The van der Waals surface area contributed by atoms with Gasteiger partial charge in [-0.15, -0.1) is 0 Å². The van der Waals surface area contributed by atoms with Crippen molar-refractivity contribution in [1.82, 2.24) is 5.32 Å². The van der Waals surface area contributed by atoms with Crippen molar-refractivity contribution in [2.24, 2.45) is 0 Å². The van der Waals surface area contributed by atoms with E-state index in [0.717, 1.165) is 0 Å². The lowest BCUT2D eigenvalue weighted by molar-refractivity contribution is -0.141. The summed E-state index contributed by atoms with van der Waals surface area (Å²) in [6.07, 6.45) is 0.117. The Morgan fingerprint density at radius 3 is 2.30 bits per heavy atom. The molecule has 0 fully saturated rings. The fraction of sp³-hybridized carbons (Fsp3) is 0.357. The summed E-state index contributed by atoms with van der Waals surface area (Å²) in [4.78, 5) is 33.9. The lowest BCUT2D eigenvalue weighted by Crippen LogP contribution is -2.34. The number of benzene rings is 1. The monoisotopic (exact) mass is 278 g/mol. The molecule has 6 heteroatoms. The van der Waals surface area contributed by atoms with E-state index in [4.69, 9.17) is 0 Å². The Bertz CT molecular complexity index is 496. The maximum absolute atomic E-state index is 11.9. The molecule has 0 heterocycles. The normalized spacial score (nSPS) is 11.3. The van der Waals surface area contributed by atoms with Gasteiger partial charge in [-0.25, -0.2) is 0 Å². The van der Waals surface area contributed by atoms with Crippen LogP contribution in [0.3, 0.4) is 0 Å². The summed E-state index contributed by atoms with van der Waals surface area (Å²) in [7, 11) is 1.30. The van der Waals surface area contributed by atoms with E-state index in [1.54, 1.807) is 31.2 Å². The van der Waals surface area contributed by atoms with Crippen LogP contribution in [0.1, 0.15) is 30.6 Å². The summed E-state index contributed by atoms with van der Waals surface area (Å²) >= 11 is 0. The maximum atomic E-state index is 11.9. The molecule has 0 aromatic heterocycles. The zero-order valence-electron chi connectivity index (χ0n) is 11.7. The average molecular weight is 278 g/mol. The largest absolute Gasteiger partial charge is 0.469 e. The van der Waals surface area contributed by atoms with E-state index < -0.39 is 0 Å². The number of ether oxygens (including phenoxy) is 1. The quantitative estimate of drug-likeness (QED) is 0.796. The molecule has 0 aliphatic carbocycles. The SMILES string of the molecule is COC(=O)CC(C)NC(=O)c1ccc(NC(C)=O)cc1. The van der Waals surface area contributed by atoms with Crippen molar-refractivity contribution in [2.75, 3.05) is 12.4 Å². The van der Waals surface area contributed by atoms with Crippen LogP contribution in [0.15, 0.2) is 24.3 Å². The van der Waals surface area contributed by atoms with E-state index >= 15 is 0 Å². The first-order chi connectivity index (χ1) is 9.42. The van der Waals surface area contributed by atoms with Crippen LogP contribution < -0.4 is 10.6 Å². The van der Waals surface area contributed by atoms with E-state index in [0.29, 0.717) is 11.3 Å². The number of esters is 1. The molecule has 1 unspecified atom stereocenters. The van der Waals surface area contributed by atoms with Gasteiger partial charge in [-0.3, -0.25) is 14.4 Å². The lowest BCUT2D eigenvalue weighted by Gasteiger charge is -2.12. The molecule has 0 spiro atoms. The Balaban J connectivity index is 2.59. The highest BCUT2D eigenvalue weighted by molar-refractivity contribution is 5.95. The van der Waals surface area contributed by atoms with Gasteiger partial charge in [0, 0.05) is 24.2 Å². The third-order valence-corrected chi connectivity index (χ3v) is 2.55. The molecule has 1 aromatic rings. The molecule has 20 heavy (non-hydrogen) atoms. The van der Waals surface area contributed by atoms with E-state index in [1.165, 1.54) is 14.0 Å². The Morgan fingerprint density at radius 1 is 1.20 bits per heavy atom. The Hall–Kier alpha value is -2.37. The fourth-order valence-corrected chi connectivity index (χ4v) is 1.60. The highest BCUT2D eigenvalue weighted by atomic mass is 16.5. The van der Waals surface area contributed by atoms with Crippen LogP contribution >= 0.6 is 0 Å². The first kappa shape index (κ1) is 15.7. The molecule has 0 aliphatic rings. The summed E-state index contributed by atoms with van der Waals surface area (Å²) in [5, 5.41) is 5.31. The molecule has 1 atom stereocenters. The molecule has 0 aliphatic heterocycles. The van der Waals surface area contributed by atoms with Crippen molar-refractivity contribution in [3.63, 3.8) is 0 Å². The van der Waals surface area contributed by atoms with Gasteiger partial charge in [-0.05, 0) is 31.2 Å². The molecule has 0 bridgehead atoms. The number of hydrogen-bond acceptors (Lipinski definition) is 4. The minimum atomic E-state index is -0.376. The Morgan fingerprint density at radius 2 is 1.80 bits per heavy atom. The summed E-state index contributed by atoms with van der Waals surface area (Å²) < 4.78 is 4.53. The van der Waals surface area contributed by atoms with Gasteiger partial charge < -0.3 is 15.4 Å². The first-order valence-corrected chi connectivity index (χ1v) is 6.17. The average Bonchev–Trinajstić information content (AvgIpc) is 2.38. The van der Waals surface area contributed by atoms with Crippen LogP contribution in [0.25, 0.3) is 0 Å². The van der Waals surface area contributed by atoms with Gasteiger partial charge >= 0.3 is 5.97 Å². The molecule has 1 aromatic carbocycles. The maximum Gasteiger partial charge on any atom is 0.307 e. The second-order valence-electron chi connectivity index (χ2n) is 4.41. The number of anilines is 1. The van der Waals surface area contributed by atoms with Gasteiger partial charge in [0.05, 0.1) is 13.5 Å². The van der Waals surface area contributed by atoms with Crippen LogP contribution in [0.2, 0.25) is 0 Å². The van der Waals surface area contributed by atoms with Crippen LogP contribution in [-0.2, 0) is 14.3 Å². The van der Waals surface area contributed by atoms with Crippen molar-refractivity contribution in [3.8, 4) is 0 Å². The van der Waals surface area contributed by atoms with Crippen molar-refractivity contribution < 1.29 is 19.1 Å². The van der Waals surface area contributed by atoms with Crippen molar-refractivity contribution in [2.45, 2.75) is 26.3 Å². The summed E-state index contributed by atoms with van der Waals surface area (Å²) in [5.74, 6) is -0.830. The van der Waals surface area contributed by atoms with Gasteiger partial charge in [-0.2, -0.15) is 0 Å². The van der Waals surface area contributed by atoms with Crippen LogP contribution in [0.4, 0.5) is 5.69 Å². The predicted molar refractivity (Wildman–Crippen MR) is 74.3 cm³/mol. The van der Waals surface area contributed by atoms with Crippen molar-refractivity contribution in [1.29, 1.82) is 0 Å². The standard InChI is InChI=1S/C14H18N2O4/c1-9(8-13(18)20-3)15-14(19)11-4-6-12(7-5-11)16-10(2)17/h4-7,9H,8H2,1-3H3,(H,15,19)(H,16,17). The zero-order chi connectivity index (χ0) is 15.1. The number of rotatable bonds is 5. The number of carbonyl (C=O) groups excluding carboxylic acids is 3. The van der Waals surface area contributed by atoms with Gasteiger partial charge in [0.15, 0.2) is 0 Å². The molecular weight excluding hydrogens is 260 g/mol. The second kappa shape index (κ2) is 7.28. The van der Waals surface area contributed by atoms with Crippen LogP contribution in [-0.4, -0.2) is 30.9 Å². The molecule has 108 valence electrons. The number of hydrogen-bond donors (Lipinski definition) is 2. The van der Waals surface area contributed by atoms with Gasteiger partial charge in [0.25, 0.3) is 5.91 Å². The molecular formula is C14H18N2O4. The molecule has 1 rings (SSSR count). The van der Waals surface area contributed by atoms with E-state index in [9.17, 15) is 14.4 Å². The van der Waals surface area contributed by atoms with Gasteiger partial charge in [0.1, 0.15) is 0 Å². The minimum absolute atomic E-state index is 0.117. The van der Waals surface area contributed by atoms with E-state index in [2.05, 4.69) is 15.4 Å². The smallest absolute Gasteiger partial charge is 0.307 e. The highest BCUT2D eigenvalue weighted by Crippen LogP contribution is 2.09. The highest BCUT2D eigenvalue weighted by Gasteiger charge is 2.13. The minimum Gasteiger partial charge on any atom is -0.469 e. The Labute approximate surface area is 117 Å². The summed E-state index contributed by atoms with van der Waals surface area (Å²) in [5.41, 5.74) is 1.08. The first-order valence-electron chi connectivity index (χ1n) is 6.17. The number of nitrogens with one attached hydrogen (secondary N) is 2. The van der Waals surface area contributed by atoms with E-state index in [-0.39, 0.29) is 30.2 Å². The van der Waals surface area contributed by atoms with E-state index in [1.807, 2.05) is 0 Å². The van der Waals surface area contributed by atoms with Crippen LogP contribution in [0.5, 0.6) is 0 Å². The van der Waals surface area contributed by atoms with Gasteiger partial charge in [-0.1, -0.05) is 0 Å². The summed E-state index contributed by atoms with van der Waals surface area (Å²) in [6, 6.07) is 6.17. The zero-order valence-corrected chi connectivity index (χ0v) is 11.7. The Kier molecular flexibility index (Phi) is 5.71. The number of methoxy groups -OCH3 is 1. The molecule has 0 saturated heterocycles. The van der Waals surface area contributed by atoms with Crippen molar-refractivity contribution in [3.05, 3.63) is 29.8 Å². The lowest BCUT2D eigenvalue weighted by atomic mass is 10.1. The third-order valence-electron chi connectivity index (χ3n) is 2.55. The summed E-state index contributed by atoms with van der Waals surface area (Å²) in [6.45, 7) is 3.13. The van der Waals surface area contributed by atoms with Crippen LogP contribution in [0, 0.1) is 0 Å². The molecule has 2 amide bonds. The third kappa shape index (κ3) is 5.09. The molecule has 0 radical (unpaired) electrons.